The van der Waals surface area contributed by atoms with Gasteiger partial charge in [-0.25, -0.2) is 13.1 Å². The van der Waals surface area contributed by atoms with E-state index in [1.165, 1.54) is 11.1 Å². The average Bonchev–Trinajstić information content (AvgIpc) is 2.37. The monoisotopic (exact) mass is 284 g/mol. The third kappa shape index (κ3) is 6.71. The lowest BCUT2D eigenvalue weighted by Crippen LogP contribution is -2.30. The smallest absolute Gasteiger partial charge is 0.211 e. The van der Waals surface area contributed by atoms with Gasteiger partial charge in [0.05, 0.1) is 5.75 Å². The van der Waals surface area contributed by atoms with Crippen molar-refractivity contribution in [3.8, 4) is 0 Å². The molecule has 1 aromatic carbocycles. The van der Waals surface area contributed by atoms with Crippen LogP contribution in [0.5, 0.6) is 0 Å². The second kappa shape index (κ2) is 8.30. The number of benzene rings is 1. The Kier molecular flexibility index (Phi) is 7.05. The fraction of sp³-hybridized carbons (Fsp3) is 0.571. The normalized spacial score (nSPS) is 11.7. The van der Waals surface area contributed by atoms with Gasteiger partial charge in [0.2, 0.25) is 10.0 Å². The Labute approximate surface area is 116 Å². The van der Waals surface area contributed by atoms with Gasteiger partial charge in [0.15, 0.2) is 0 Å². The minimum absolute atomic E-state index is 0.188. The number of sulfonamides is 1. The van der Waals surface area contributed by atoms with Gasteiger partial charge >= 0.3 is 0 Å². The van der Waals surface area contributed by atoms with E-state index in [9.17, 15) is 8.42 Å². The molecule has 0 aromatic heterocycles. The van der Waals surface area contributed by atoms with Crippen LogP contribution in [0.15, 0.2) is 24.3 Å². The van der Waals surface area contributed by atoms with E-state index in [-0.39, 0.29) is 5.75 Å². The maximum absolute atomic E-state index is 11.7. The van der Waals surface area contributed by atoms with Crippen LogP contribution in [-0.4, -0.2) is 33.8 Å². The fourth-order valence-electron chi connectivity index (χ4n) is 1.87. The Morgan fingerprint density at radius 2 is 1.89 bits per heavy atom. The summed E-state index contributed by atoms with van der Waals surface area (Å²) < 4.78 is 26.1. The summed E-state index contributed by atoms with van der Waals surface area (Å²) in [5.74, 6) is 0.188. The lowest BCUT2D eigenvalue weighted by molar-refractivity contribution is 0.576. The van der Waals surface area contributed by atoms with E-state index in [0.29, 0.717) is 13.0 Å². The molecule has 1 rings (SSSR count). The molecule has 1 aromatic rings. The van der Waals surface area contributed by atoms with E-state index in [1.807, 2.05) is 38.1 Å². The summed E-state index contributed by atoms with van der Waals surface area (Å²) in [5, 5.41) is 3.12. The van der Waals surface area contributed by atoms with Gasteiger partial charge in [-0.3, -0.25) is 0 Å². The first-order valence-electron chi connectivity index (χ1n) is 6.77. The molecular weight excluding hydrogens is 260 g/mol. The van der Waals surface area contributed by atoms with Crippen LogP contribution in [-0.2, 0) is 16.4 Å². The third-order valence-corrected chi connectivity index (χ3v) is 4.46. The highest BCUT2D eigenvalue weighted by molar-refractivity contribution is 7.89. The molecule has 0 radical (unpaired) electrons. The van der Waals surface area contributed by atoms with Crippen LogP contribution in [0.25, 0.3) is 0 Å². The van der Waals surface area contributed by atoms with E-state index in [1.54, 1.807) is 0 Å². The van der Waals surface area contributed by atoms with Gasteiger partial charge in [-0.05, 0) is 44.0 Å². The molecule has 0 amide bonds. The highest BCUT2D eigenvalue weighted by Crippen LogP contribution is 2.07. The number of hydrogen-bond donors (Lipinski definition) is 2. The maximum Gasteiger partial charge on any atom is 0.211 e. The van der Waals surface area contributed by atoms with Crippen LogP contribution in [0.3, 0.4) is 0 Å². The summed E-state index contributed by atoms with van der Waals surface area (Å²) in [6.45, 7) is 6.14. The molecule has 4 nitrogen and oxygen atoms in total. The molecule has 0 aliphatic heterocycles. The molecule has 108 valence electrons. The Morgan fingerprint density at radius 1 is 1.16 bits per heavy atom. The maximum atomic E-state index is 11.7. The predicted octanol–water partition coefficient (Wildman–Crippen LogP) is 1.46. The van der Waals surface area contributed by atoms with Crippen LogP contribution in [0.1, 0.15) is 24.5 Å². The standard InChI is InChI=1S/C14H24N2O2S/c1-3-15-10-6-12-19(17,18)16-11-9-14-8-5-4-7-13(14)2/h4-5,7-8,15-16H,3,6,9-12H2,1-2H3. The fourth-order valence-corrected chi connectivity index (χ4v) is 2.95. The van der Waals surface area contributed by atoms with Crippen LogP contribution >= 0.6 is 0 Å². The Hall–Kier alpha value is -0.910. The minimum atomic E-state index is -3.14. The summed E-state index contributed by atoms with van der Waals surface area (Å²) in [4.78, 5) is 0. The first kappa shape index (κ1) is 16.1. The second-order valence-electron chi connectivity index (χ2n) is 4.60. The molecule has 0 fully saturated rings. The lowest BCUT2D eigenvalue weighted by Gasteiger charge is -2.08. The molecule has 0 aliphatic carbocycles. The van der Waals surface area contributed by atoms with Gasteiger partial charge < -0.3 is 5.32 Å². The highest BCUT2D eigenvalue weighted by atomic mass is 32.2. The molecule has 0 heterocycles. The zero-order chi connectivity index (χ0) is 14.1. The molecule has 19 heavy (non-hydrogen) atoms. The first-order chi connectivity index (χ1) is 9.05. The van der Waals surface area contributed by atoms with E-state index in [2.05, 4.69) is 10.0 Å². The van der Waals surface area contributed by atoms with E-state index >= 15 is 0 Å². The summed E-state index contributed by atoms with van der Waals surface area (Å²) in [6.07, 6.45) is 1.38. The van der Waals surface area contributed by atoms with Gasteiger partial charge in [-0.1, -0.05) is 31.2 Å². The molecule has 0 saturated heterocycles. The van der Waals surface area contributed by atoms with Crippen molar-refractivity contribution in [3.05, 3.63) is 35.4 Å². The van der Waals surface area contributed by atoms with Crippen LogP contribution in [0, 0.1) is 6.92 Å². The topological polar surface area (TPSA) is 58.2 Å². The van der Waals surface area contributed by atoms with Crippen molar-refractivity contribution in [1.29, 1.82) is 0 Å². The molecule has 0 unspecified atom stereocenters. The summed E-state index contributed by atoms with van der Waals surface area (Å²) in [7, 11) is -3.14. The SMILES string of the molecule is CCNCCCS(=O)(=O)NCCc1ccccc1C. The lowest BCUT2D eigenvalue weighted by atomic mass is 10.1. The molecule has 0 bridgehead atoms. The van der Waals surface area contributed by atoms with Crippen molar-refractivity contribution in [1.82, 2.24) is 10.0 Å². The van der Waals surface area contributed by atoms with Crippen molar-refractivity contribution in [2.75, 3.05) is 25.4 Å². The zero-order valence-electron chi connectivity index (χ0n) is 11.8. The number of nitrogens with one attached hydrogen (secondary N) is 2. The van der Waals surface area contributed by atoms with Gasteiger partial charge in [0.25, 0.3) is 0 Å². The molecule has 0 aliphatic rings. The molecule has 0 atom stereocenters. The number of aryl methyl sites for hydroxylation is 1. The van der Waals surface area contributed by atoms with E-state index in [0.717, 1.165) is 19.5 Å². The minimum Gasteiger partial charge on any atom is -0.317 e. The van der Waals surface area contributed by atoms with Crippen LogP contribution in [0.2, 0.25) is 0 Å². The van der Waals surface area contributed by atoms with Gasteiger partial charge in [0.1, 0.15) is 0 Å². The Bertz CT molecular complexity index is 472. The Balaban J connectivity index is 2.30. The largest absolute Gasteiger partial charge is 0.317 e. The molecule has 5 heteroatoms. The summed E-state index contributed by atoms with van der Waals surface area (Å²) in [5.41, 5.74) is 2.40. The van der Waals surface area contributed by atoms with Gasteiger partial charge in [-0.2, -0.15) is 0 Å². The van der Waals surface area contributed by atoms with Crippen molar-refractivity contribution in [2.45, 2.75) is 26.7 Å². The van der Waals surface area contributed by atoms with E-state index in [4.69, 9.17) is 0 Å². The van der Waals surface area contributed by atoms with E-state index < -0.39 is 10.0 Å². The third-order valence-electron chi connectivity index (χ3n) is 2.99. The molecule has 0 saturated carbocycles. The van der Waals surface area contributed by atoms with Crippen molar-refractivity contribution >= 4 is 10.0 Å². The predicted molar refractivity (Wildman–Crippen MR) is 79.8 cm³/mol. The molecule has 0 spiro atoms. The summed E-state index contributed by atoms with van der Waals surface area (Å²) >= 11 is 0. The van der Waals surface area contributed by atoms with Crippen molar-refractivity contribution < 1.29 is 8.42 Å². The number of hydrogen-bond acceptors (Lipinski definition) is 3. The first-order valence-corrected chi connectivity index (χ1v) is 8.43. The van der Waals surface area contributed by atoms with Crippen molar-refractivity contribution in [2.24, 2.45) is 0 Å². The van der Waals surface area contributed by atoms with Gasteiger partial charge in [0, 0.05) is 6.54 Å². The van der Waals surface area contributed by atoms with Crippen LogP contribution in [0.4, 0.5) is 0 Å². The van der Waals surface area contributed by atoms with Gasteiger partial charge in [-0.15, -0.1) is 0 Å². The summed E-state index contributed by atoms with van der Waals surface area (Å²) in [6, 6.07) is 8.05. The quantitative estimate of drug-likeness (QED) is 0.675. The zero-order valence-corrected chi connectivity index (χ0v) is 12.6. The van der Waals surface area contributed by atoms with Crippen molar-refractivity contribution in [3.63, 3.8) is 0 Å². The molecule has 2 N–H and O–H groups in total. The number of rotatable bonds is 9. The molecular formula is C14H24N2O2S. The second-order valence-corrected chi connectivity index (χ2v) is 6.52. The highest BCUT2D eigenvalue weighted by Gasteiger charge is 2.09. The Morgan fingerprint density at radius 3 is 2.58 bits per heavy atom. The van der Waals surface area contributed by atoms with Crippen LogP contribution < -0.4 is 10.0 Å². The average molecular weight is 284 g/mol.